The van der Waals surface area contributed by atoms with Crippen molar-refractivity contribution < 1.29 is 4.84 Å². The summed E-state index contributed by atoms with van der Waals surface area (Å²) < 4.78 is 0. The lowest BCUT2D eigenvalue weighted by atomic mass is 9.88. The molecule has 0 aromatic heterocycles. The summed E-state index contributed by atoms with van der Waals surface area (Å²) in [4.78, 5) is 5.94. The van der Waals surface area contributed by atoms with Gasteiger partial charge in [-0.3, -0.25) is 4.89 Å². The first-order valence-corrected chi connectivity index (χ1v) is 1.90. The molecule has 29 valence electrons. The zero-order chi connectivity index (χ0) is 4.41. The lowest BCUT2D eigenvalue weighted by Crippen LogP contribution is -2.14. The van der Waals surface area contributed by atoms with Crippen LogP contribution >= 0.6 is 0 Å². The lowest BCUT2D eigenvalue weighted by molar-refractivity contribution is 0.0145. The Balaban J connectivity index is 2.18. The Morgan fingerprint density at radius 2 is 2.67 bits per heavy atom. The van der Waals surface area contributed by atoms with Crippen LogP contribution in [0.5, 0.6) is 0 Å². The molecule has 1 heterocycles. The highest BCUT2D eigenvalue weighted by Gasteiger charge is 2.06. The molecule has 0 aliphatic carbocycles. The van der Waals surface area contributed by atoms with Gasteiger partial charge in [0, 0.05) is 0 Å². The minimum Gasteiger partial charge on any atom is -0.324 e. The predicted octanol–water partition coefficient (Wildman–Crippen LogP) is -0.645. The molecule has 0 aromatic rings. The van der Waals surface area contributed by atoms with E-state index in [9.17, 15) is 0 Å². The quantitative estimate of drug-likeness (QED) is 0.358. The number of hydrogen-bond donors (Lipinski definition) is 0. The highest BCUT2D eigenvalue weighted by atomic mass is 16.7. The Kier molecular flexibility index (Phi) is 1.17. The van der Waals surface area contributed by atoms with E-state index >= 15 is 0 Å². The topological polar surface area (TPSA) is 12.5 Å². The fourth-order valence-corrected chi connectivity index (χ4v) is 0.391. The Labute approximate surface area is 39.1 Å². The smallest absolute Gasteiger partial charge is 0.228 e. The average Bonchev–Trinajstić information content (AvgIpc) is 1.86. The van der Waals surface area contributed by atoms with Crippen molar-refractivity contribution >= 4 is 15.4 Å². The largest absolute Gasteiger partial charge is 0.324 e. The molecule has 2 nitrogen and oxygen atoms in total. The van der Waals surface area contributed by atoms with Crippen LogP contribution in [0.25, 0.3) is 0 Å². The van der Waals surface area contributed by atoms with Gasteiger partial charge in [-0.15, -0.1) is 0 Å². The summed E-state index contributed by atoms with van der Waals surface area (Å²) >= 11 is 0. The summed E-state index contributed by atoms with van der Waals surface area (Å²) in [6.45, 7) is 0.733. The molecule has 4 heteroatoms. The van der Waals surface area contributed by atoms with Gasteiger partial charge in [0.2, 0.25) is 15.4 Å². The van der Waals surface area contributed by atoms with Crippen molar-refractivity contribution in [2.75, 3.05) is 6.61 Å². The molecule has 0 amide bonds. The van der Waals surface area contributed by atoms with Gasteiger partial charge in [0.05, 0.1) is 6.61 Å². The first-order chi connectivity index (χ1) is 2.89. The molecule has 0 saturated carbocycles. The van der Waals surface area contributed by atoms with Crippen molar-refractivity contribution in [2.45, 2.75) is 6.32 Å². The second kappa shape index (κ2) is 1.67. The molecule has 1 fully saturated rings. The molecule has 1 saturated heterocycles. The molecular formula is C2H4B2NO. The Bertz CT molecular complexity index is 44.8. The third kappa shape index (κ3) is 0.758. The van der Waals surface area contributed by atoms with Crippen molar-refractivity contribution in [3.63, 3.8) is 0 Å². The standard InChI is InChI=1S/C2H4B2NO/c3-5-4-1-2-6-5/h1-2H2. The SMILES string of the molecule is [B]N1[B]CCO1. The van der Waals surface area contributed by atoms with E-state index in [0.717, 1.165) is 12.9 Å². The van der Waals surface area contributed by atoms with Gasteiger partial charge in [0.1, 0.15) is 0 Å². The van der Waals surface area contributed by atoms with E-state index in [0.29, 0.717) is 0 Å². The van der Waals surface area contributed by atoms with E-state index in [4.69, 9.17) is 12.8 Å². The van der Waals surface area contributed by atoms with Crippen LogP contribution in [0.3, 0.4) is 0 Å². The molecule has 0 atom stereocenters. The summed E-state index contributed by atoms with van der Waals surface area (Å²) in [7, 11) is 6.88. The van der Waals surface area contributed by atoms with Gasteiger partial charge < -0.3 is 4.84 Å². The first kappa shape index (κ1) is 4.22. The van der Waals surface area contributed by atoms with E-state index < -0.39 is 0 Å². The molecule has 0 unspecified atom stereocenters. The van der Waals surface area contributed by atoms with Gasteiger partial charge in [-0.1, -0.05) is 0 Å². The van der Waals surface area contributed by atoms with Crippen LogP contribution in [0.2, 0.25) is 6.32 Å². The van der Waals surface area contributed by atoms with E-state index in [-0.39, 0.29) is 0 Å². The fourth-order valence-electron chi connectivity index (χ4n) is 0.391. The average molecular weight is 79.7 g/mol. The van der Waals surface area contributed by atoms with Gasteiger partial charge in [0.15, 0.2) is 0 Å². The van der Waals surface area contributed by atoms with Crippen molar-refractivity contribution in [1.29, 1.82) is 0 Å². The van der Waals surface area contributed by atoms with Crippen LogP contribution < -0.4 is 0 Å². The molecule has 1 rings (SSSR count). The van der Waals surface area contributed by atoms with Crippen molar-refractivity contribution in [1.82, 2.24) is 4.89 Å². The Morgan fingerprint density at radius 3 is 2.83 bits per heavy atom. The van der Waals surface area contributed by atoms with Gasteiger partial charge in [-0.2, -0.15) is 0 Å². The Hall–Kier alpha value is 0.0499. The normalized spacial score (nSPS) is 24.0. The maximum Gasteiger partial charge on any atom is 0.228 e. The summed E-state index contributed by atoms with van der Waals surface area (Å²) in [5.74, 6) is 0. The van der Waals surface area contributed by atoms with Crippen molar-refractivity contribution in [3.05, 3.63) is 0 Å². The Morgan fingerprint density at radius 1 is 1.83 bits per heavy atom. The van der Waals surface area contributed by atoms with E-state index in [2.05, 4.69) is 0 Å². The van der Waals surface area contributed by atoms with Crippen LogP contribution in [-0.4, -0.2) is 26.9 Å². The second-order valence-electron chi connectivity index (χ2n) is 1.16. The number of rotatable bonds is 0. The zero-order valence-electron chi connectivity index (χ0n) is 3.42. The molecule has 0 N–H and O–H groups in total. The highest BCUT2D eigenvalue weighted by molar-refractivity contribution is 6.41. The van der Waals surface area contributed by atoms with Gasteiger partial charge in [-0.05, 0) is 6.32 Å². The highest BCUT2D eigenvalue weighted by Crippen LogP contribution is 1.95. The maximum atomic E-state index is 5.09. The molecule has 0 spiro atoms. The fraction of sp³-hybridized carbons (Fsp3) is 1.00. The van der Waals surface area contributed by atoms with Crippen molar-refractivity contribution in [2.24, 2.45) is 0 Å². The summed E-state index contributed by atoms with van der Waals surface area (Å²) in [5, 5.41) is 0. The molecular weight excluding hydrogens is 75.7 g/mol. The summed E-state index contributed by atoms with van der Waals surface area (Å²) in [6, 6.07) is 0. The predicted molar refractivity (Wildman–Crippen MR) is 24.1 cm³/mol. The molecule has 1 aliphatic heterocycles. The molecule has 3 radical (unpaired) electrons. The van der Waals surface area contributed by atoms with E-state index in [1.165, 1.54) is 4.89 Å². The molecule has 0 bridgehead atoms. The molecule has 6 heavy (non-hydrogen) atoms. The van der Waals surface area contributed by atoms with Gasteiger partial charge in [0.25, 0.3) is 0 Å². The first-order valence-electron chi connectivity index (χ1n) is 1.90. The minimum absolute atomic E-state index is 0.733. The monoisotopic (exact) mass is 80.0 g/mol. The summed E-state index contributed by atoms with van der Waals surface area (Å²) in [5.41, 5.74) is 0. The van der Waals surface area contributed by atoms with Gasteiger partial charge >= 0.3 is 0 Å². The van der Waals surface area contributed by atoms with Crippen LogP contribution in [0.4, 0.5) is 0 Å². The van der Waals surface area contributed by atoms with Crippen LogP contribution in [0, 0.1) is 0 Å². The maximum absolute atomic E-state index is 5.09. The molecule has 1 aliphatic rings. The van der Waals surface area contributed by atoms with E-state index in [1.54, 1.807) is 7.41 Å². The second-order valence-corrected chi connectivity index (χ2v) is 1.16. The lowest BCUT2D eigenvalue weighted by Gasteiger charge is -2.01. The van der Waals surface area contributed by atoms with E-state index in [1.807, 2.05) is 0 Å². The van der Waals surface area contributed by atoms with Crippen LogP contribution in [0.15, 0.2) is 0 Å². The summed E-state index contributed by atoms with van der Waals surface area (Å²) in [6.07, 6.45) is 0.941. The number of hydrogen-bond acceptors (Lipinski definition) is 2. The van der Waals surface area contributed by atoms with Gasteiger partial charge in [-0.25, -0.2) is 0 Å². The van der Waals surface area contributed by atoms with Crippen LogP contribution in [0.1, 0.15) is 0 Å². The zero-order valence-corrected chi connectivity index (χ0v) is 3.42. The third-order valence-electron chi connectivity index (χ3n) is 0.667. The van der Waals surface area contributed by atoms with Crippen LogP contribution in [-0.2, 0) is 4.84 Å². The third-order valence-corrected chi connectivity index (χ3v) is 0.667. The number of nitrogens with zero attached hydrogens (tertiary/aromatic N) is 1. The molecule has 0 aromatic carbocycles. The van der Waals surface area contributed by atoms with Crippen molar-refractivity contribution in [3.8, 4) is 0 Å². The minimum atomic E-state index is 0.733.